The Morgan fingerprint density at radius 2 is 1.91 bits per heavy atom. The molecular formula is C25H27N3O5. The number of aliphatic hydroxyl groups is 1. The molecule has 8 nitrogen and oxygen atoms in total. The Labute approximate surface area is 192 Å². The van der Waals surface area contributed by atoms with Crippen LogP contribution in [0.5, 0.6) is 5.75 Å². The van der Waals surface area contributed by atoms with Gasteiger partial charge in [-0.2, -0.15) is 0 Å². The van der Waals surface area contributed by atoms with Crippen LogP contribution in [0.25, 0.3) is 5.76 Å². The number of ketones is 1. The van der Waals surface area contributed by atoms with E-state index in [1.54, 1.807) is 54.7 Å². The third-order valence-electron chi connectivity index (χ3n) is 5.76. The third kappa shape index (κ3) is 4.97. The summed E-state index contributed by atoms with van der Waals surface area (Å²) in [6.07, 6.45) is 3.25. The lowest BCUT2D eigenvalue weighted by atomic mass is 9.98. The molecule has 0 radical (unpaired) electrons. The molecule has 33 heavy (non-hydrogen) atoms. The van der Waals surface area contributed by atoms with Gasteiger partial charge in [-0.3, -0.25) is 19.5 Å². The fraction of sp³-hybridized carbons (Fsp3) is 0.320. The fourth-order valence-electron chi connectivity index (χ4n) is 4.05. The summed E-state index contributed by atoms with van der Waals surface area (Å²) >= 11 is 0. The third-order valence-corrected chi connectivity index (χ3v) is 5.76. The average Bonchev–Trinajstić information content (AvgIpc) is 3.12. The van der Waals surface area contributed by atoms with Gasteiger partial charge in [-0.15, -0.1) is 0 Å². The highest BCUT2D eigenvalue weighted by molar-refractivity contribution is 6.46. The molecule has 1 aromatic carbocycles. The van der Waals surface area contributed by atoms with Crippen LogP contribution in [-0.4, -0.2) is 77.6 Å². The molecule has 1 atom stereocenters. The van der Waals surface area contributed by atoms with E-state index in [0.29, 0.717) is 49.9 Å². The number of carbonyl (C=O) groups excluding carboxylic acids is 2. The molecule has 0 saturated carbocycles. The van der Waals surface area contributed by atoms with Crippen molar-refractivity contribution in [1.82, 2.24) is 14.8 Å². The Balaban J connectivity index is 1.66. The number of benzene rings is 1. The van der Waals surface area contributed by atoms with Crippen molar-refractivity contribution in [2.75, 3.05) is 46.0 Å². The van der Waals surface area contributed by atoms with Gasteiger partial charge in [0, 0.05) is 37.9 Å². The van der Waals surface area contributed by atoms with Crippen LogP contribution < -0.4 is 4.74 Å². The quantitative estimate of drug-likeness (QED) is 0.286. The van der Waals surface area contributed by atoms with Gasteiger partial charge in [0.25, 0.3) is 11.7 Å². The number of ether oxygens (including phenoxy) is 2. The normalized spacial score (nSPS) is 20.7. The van der Waals surface area contributed by atoms with Crippen LogP contribution in [0.2, 0.25) is 0 Å². The summed E-state index contributed by atoms with van der Waals surface area (Å²) in [5.74, 6) is -0.963. The predicted octanol–water partition coefficient (Wildman–Crippen LogP) is 2.40. The minimum Gasteiger partial charge on any atom is -0.507 e. The Morgan fingerprint density at radius 1 is 1.15 bits per heavy atom. The summed E-state index contributed by atoms with van der Waals surface area (Å²) in [7, 11) is 0. The molecule has 0 spiro atoms. The first-order chi connectivity index (χ1) is 16.1. The van der Waals surface area contributed by atoms with Gasteiger partial charge in [0.2, 0.25) is 0 Å². The monoisotopic (exact) mass is 449 g/mol. The van der Waals surface area contributed by atoms with Crippen molar-refractivity contribution in [2.24, 2.45) is 0 Å². The first kappa shape index (κ1) is 22.7. The molecule has 0 unspecified atom stereocenters. The first-order valence-electron chi connectivity index (χ1n) is 10.9. The van der Waals surface area contributed by atoms with Crippen molar-refractivity contribution < 1.29 is 24.2 Å². The largest absolute Gasteiger partial charge is 0.507 e. The van der Waals surface area contributed by atoms with Crippen LogP contribution in [0.3, 0.4) is 0 Å². The molecule has 2 aromatic rings. The van der Waals surface area contributed by atoms with Crippen LogP contribution >= 0.6 is 0 Å². The maximum atomic E-state index is 13.1. The number of Topliss-reactive ketones (excluding diaryl/α,β-unsaturated/α-hetero) is 1. The molecule has 1 amide bonds. The SMILES string of the molecule is C=CCOc1ccc(/C(O)=C2\C(=O)C(=O)N(CCN3CCOCC3)[C@H]2c2ccccn2)cc1. The second kappa shape index (κ2) is 10.4. The summed E-state index contributed by atoms with van der Waals surface area (Å²) in [4.78, 5) is 34.2. The number of likely N-dealkylation sites (tertiary alicyclic amines) is 1. The van der Waals surface area contributed by atoms with Crippen molar-refractivity contribution in [3.63, 3.8) is 0 Å². The summed E-state index contributed by atoms with van der Waals surface area (Å²) < 4.78 is 10.9. The number of hydrogen-bond acceptors (Lipinski definition) is 7. The zero-order valence-corrected chi connectivity index (χ0v) is 18.4. The predicted molar refractivity (Wildman–Crippen MR) is 123 cm³/mol. The number of rotatable bonds is 8. The van der Waals surface area contributed by atoms with Crippen molar-refractivity contribution in [3.05, 3.63) is 78.1 Å². The van der Waals surface area contributed by atoms with Crippen LogP contribution in [0, 0.1) is 0 Å². The molecular weight excluding hydrogens is 422 g/mol. The van der Waals surface area contributed by atoms with Gasteiger partial charge in [-0.25, -0.2) is 0 Å². The van der Waals surface area contributed by atoms with E-state index in [4.69, 9.17) is 9.47 Å². The van der Waals surface area contributed by atoms with Gasteiger partial charge in [0.05, 0.1) is 24.5 Å². The smallest absolute Gasteiger partial charge is 0.295 e. The molecule has 2 aliphatic heterocycles. The highest BCUT2D eigenvalue weighted by atomic mass is 16.5. The van der Waals surface area contributed by atoms with E-state index in [-0.39, 0.29) is 11.3 Å². The summed E-state index contributed by atoms with van der Waals surface area (Å²) in [6.45, 7) is 7.78. The Morgan fingerprint density at radius 3 is 2.58 bits per heavy atom. The average molecular weight is 450 g/mol. The second-order valence-corrected chi connectivity index (χ2v) is 7.83. The molecule has 3 heterocycles. The van der Waals surface area contributed by atoms with E-state index in [9.17, 15) is 14.7 Å². The number of nitrogens with zero attached hydrogens (tertiary/aromatic N) is 3. The molecule has 8 heteroatoms. The van der Waals surface area contributed by atoms with E-state index in [0.717, 1.165) is 13.1 Å². The molecule has 0 aliphatic carbocycles. The van der Waals surface area contributed by atoms with E-state index in [1.165, 1.54) is 4.90 Å². The molecule has 0 bridgehead atoms. The van der Waals surface area contributed by atoms with Crippen molar-refractivity contribution in [2.45, 2.75) is 6.04 Å². The molecule has 1 aromatic heterocycles. The van der Waals surface area contributed by atoms with Gasteiger partial charge >= 0.3 is 0 Å². The van der Waals surface area contributed by atoms with Crippen LogP contribution in [0.15, 0.2) is 66.9 Å². The maximum absolute atomic E-state index is 13.1. The number of hydrogen-bond donors (Lipinski definition) is 1. The van der Waals surface area contributed by atoms with E-state index >= 15 is 0 Å². The van der Waals surface area contributed by atoms with Gasteiger partial charge in [-0.1, -0.05) is 18.7 Å². The van der Waals surface area contributed by atoms with Gasteiger partial charge in [-0.05, 0) is 36.4 Å². The lowest BCUT2D eigenvalue weighted by Gasteiger charge is -2.30. The molecule has 2 fully saturated rings. The lowest BCUT2D eigenvalue weighted by molar-refractivity contribution is -0.140. The minimum atomic E-state index is -0.760. The van der Waals surface area contributed by atoms with E-state index in [1.807, 2.05) is 0 Å². The van der Waals surface area contributed by atoms with Crippen LogP contribution in [-0.2, 0) is 14.3 Å². The van der Waals surface area contributed by atoms with Gasteiger partial charge < -0.3 is 19.5 Å². The molecule has 1 N–H and O–H groups in total. The minimum absolute atomic E-state index is 0.0421. The zero-order valence-electron chi connectivity index (χ0n) is 18.4. The van der Waals surface area contributed by atoms with Gasteiger partial charge in [0.15, 0.2) is 0 Å². The molecule has 2 saturated heterocycles. The van der Waals surface area contributed by atoms with Crippen molar-refractivity contribution in [3.8, 4) is 5.75 Å². The number of pyridine rings is 1. The van der Waals surface area contributed by atoms with Crippen molar-refractivity contribution >= 4 is 17.4 Å². The lowest BCUT2D eigenvalue weighted by Crippen LogP contribution is -2.42. The number of amides is 1. The van der Waals surface area contributed by atoms with E-state index in [2.05, 4.69) is 16.5 Å². The van der Waals surface area contributed by atoms with Gasteiger partial charge in [0.1, 0.15) is 24.2 Å². The fourth-order valence-corrected chi connectivity index (χ4v) is 4.05. The highest BCUT2D eigenvalue weighted by Crippen LogP contribution is 2.38. The second-order valence-electron chi connectivity index (χ2n) is 7.83. The van der Waals surface area contributed by atoms with Crippen molar-refractivity contribution in [1.29, 1.82) is 0 Å². The van der Waals surface area contributed by atoms with Crippen LogP contribution in [0.1, 0.15) is 17.3 Å². The Kier molecular flexibility index (Phi) is 7.16. The summed E-state index contributed by atoms with van der Waals surface area (Å²) in [5.41, 5.74) is 1.000. The Hall–Kier alpha value is -3.49. The summed E-state index contributed by atoms with van der Waals surface area (Å²) in [6, 6.07) is 11.3. The number of morpholine rings is 1. The first-order valence-corrected chi connectivity index (χ1v) is 10.9. The Bertz CT molecular complexity index is 1030. The topological polar surface area (TPSA) is 92.2 Å². The number of carbonyl (C=O) groups is 2. The van der Waals surface area contributed by atoms with Crippen LogP contribution in [0.4, 0.5) is 0 Å². The summed E-state index contributed by atoms with van der Waals surface area (Å²) in [5, 5.41) is 11.1. The molecule has 172 valence electrons. The maximum Gasteiger partial charge on any atom is 0.295 e. The zero-order chi connectivity index (χ0) is 23.2. The highest BCUT2D eigenvalue weighted by Gasteiger charge is 2.46. The standard InChI is InChI=1S/C25H27N3O5/c1-2-15-33-19-8-6-18(7-9-19)23(29)21-22(20-5-3-4-10-26-20)28(25(31)24(21)30)12-11-27-13-16-32-17-14-27/h2-10,22,29H,1,11-17H2/b23-21+/t22-/m0/s1. The number of aromatic nitrogens is 1. The number of aliphatic hydroxyl groups excluding tert-OH is 1. The molecule has 2 aliphatic rings. The molecule has 4 rings (SSSR count). The van der Waals surface area contributed by atoms with E-state index < -0.39 is 17.7 Å².